The Kier molecular flexibility index (Phi) is 5.67. The fraction of sp³-hybridized carbons (Fsp3) is 0.308. The molecule has 1 aromatic heterocycles. The normalized spacial score (nSPS) is 22.0. The van der Waals surface area contributed by atoms with Gasteiger partial charge in [0.1, 0.15) is 5.84 Å². The number of aryl methyl sites for hydroxylation is 2. The predicted octanol–water partition coefficient (Wildman–Crippen LogP) is 3.32. The zero-order valence-corrected chi connectivity index (χ0v) is 18.9. The largest absolute Gasteiger partial charge is 0.382 e. The molecule has 2 aliphatic rings. The van der Waals surface area contributed by atoms with Crippen LogP contribution in [0.5, 0.6) is 0 Å². The standard InChI is InChI=1S/C26H27N5O/c1-5-8-19-12-21(15-28-14-19)20-9-7-10-22(13-20)26(29-18(4)24(27)30-26)23-11-17(3)25(32)31(6-2)16-23/h7,9-13,15-16,19H,6,14H2,1-4H3,(H2,27,30). The summed E-state index contributed by atoms with van der Waals surface area (Å²) >= 11 is 0. The van der Waals surface area contributed by atoms with Crippen molar-refractivity contribution in [1.29, 1.82) is 0 Å². The molecule has 162 valence electrons. The summed E-state index contributed by atoms with van der Waals surface area (Å²) in [6.45, 7) is 8.71. The molecule has 2 aromatic rings. The summed E-state index contributed by atoms with van der Waals surface area (Å²) in [5, 5.41) is 0. The number of rotatable bonds is 4. The van der Waals surface area contributed by atoms with Crippen LogP contribution in [0.3, 0.4) is 0 Å². The fourth-order valence-corrected chi connectivity index (χ4v) is 4.15. The number of dihydropyridines is 1. The summed E-state index contributed by atoms with van der Waals surface area (Å²) in [5.41, 5.74) is 10.2. The number of benzene rings is 1. The van der Waals surface area contributed by atoms with E-state index in [1.54, 1.807) is 4.57 Å². The minimum Gasteiger partial charge on any atom is -0.382 e. The third kappa shape index (κ3) is 3.71. The lowest BCUT2D eigenvalue weighted by molar-refractivity contribution is 0.571. The molecule has 0 fully saturated rings. The number of aromatic nitrogens is 1. The van der Waals surface area contributed by atoms with Crippen LogP contribution in [-0.2, 0) is 12.2 Å². The van der Waals surface area contributed by atoms with Crippen molar-refractivity contribution in [2.24, 2.45) is 26.6 Å². The number of nitrogens with two attached hydrogens (primary N) is 1. The van der Waals surface area contributed by atoms with E-state index < -0.39 is 5.66 Å². The quantitative estimate of drug-likeness (QED) is 0.762. The van der Waals surface area contributed by atoms with E-state index in [1.165, 1.54) is 0 Å². The van der Waals surface area contributed by atoms with Crippen molar-refractivity contribution in [3.8, 4) is 11.8 Å². The maximum Gasteiger partial charge on any atom is 0.253 e. The van der Waals surface area contributed by atoms with Crippen molar-refractivity contribution < 1.29 is 0 Å². The molecule has 6 heteroatoms. The Labute approximate surface area is 188 Å². The number of allylic oxidation sites excluding steroid dienone is 1. The molecule has 2 unspecified atom stereocenters. The van der Waals surface area contributed by atoms with Gasteiger partial charge in [0.15, 0.2) is 0 Å². The summed E-state index contributed by atoms with van der Waals surface area (Å²) in [6.07, 6.45) is 5.88. The minimum atomic E-state index is -1.03. The second-order valence-corrected chi connectivity index (χ2v) is 8.07. The van der Waals surface area contributed by atoms with Gasteiger partial charge in [0.2, 0.25) is 5.66 Å². The molecule has 1 aromatic carbocycles. The molecule has 2 aliphatic heterocycles. The van der Waals surface area contributed by atoms with Crippen molar-refractivity contribution in [2.45, 2.75) is 39.9 Å². The van der Waals surface area contributed by atoms with Gasteiger partial charge in [-0.15, -0.1) is 5.92 Å². The van der Waals surface area contributed by atoms with Gasteiger partial charge >= 0.3 is 0 Å². The van der Waals surface area contributed by atoms with Gasteiger partial charge in [-0.2, -0.15) is 0 Å². The zero-order valence-electron chi connectivity index (χ0n) is 18.9. The van der Waals surface area contributed by atoms with E-state index in [9.17, 15) is 4.79 Å². The third-order valence-corrected chi connectivity index (χ3v) is 5.83. The van der Waals surface area contributed by atoms with Crippen LogP contribution in [0.4, 0.5) is 0 Å². The van der Waals surface area contributed by atoms with Crippen LogP contribution in [0, 0.1) is 24.7 Å². The fourth-order valence-electron chi connectivity index (χ4n) is 4.15. The Balaban J connectivity index is 1.90. The van der Waals surface area contributed by atoms with Crippen molar-refractivity contribution >= 4 is 23.3 Å². The molecule has 2 N–H and O–H groups in total. The Hall–Kier alpha value is -3.72. The molecule has 0 spiro atoms. The lowest BCUT2D eigenvalue weighted by Gasteiger charge is -2.26. The Morgan fingerprint density at radius 3 is 2.72 bits per heavy atom. The molecule has 32 heavy (non-hydrogen) atoms. The first-order chi connectivity index (χ1) is 15.4. The van der Waals surface area contributed by atoms with Crippen LogP contribution in [0.1, 0.15) is 43.0 Å². The zero-order chi connectivity index (χ0) is 22.9. The first kappa shape index (κ1) is 21.5. The van der Waals surface area contributed by atoms with E-state index in [0.717, 1.165) is 22.3 Å². The lowest BCUT2D eigenvalue weighted by atomic mass is 9.89. The second kappa shape index (κ2) is 8.43. The number of hydrogen-bond acceptors (Lipinski definition) is 5. The van der Waals surface area contributed by atoms with Gasteiger partial charge in [0, 0.05) is 35.6 Å². The lowest BCUT2D eigenvalue weighted by Crippen LogP contribution is -2.28. The summed E-state index contributed by atoms with van der Waals surface area (Å²) in [4.78, 5) is 26.7. The van der Waals surface area contributed by atoms with Crippen molar-refractivity contribution in [3.05, 3.63) is 75.2 Å². The Morgan fingerprint density at radius 2 is 2.03 bits per heavy atom. The number of pyridine rings is 1. The van der Waals surface area contributed by atoms with Crippen molar-refractivity contribution in [1.82, 2.24) is 4.57 Å². The van der Waals surface area contributed by atoms with Crippen LogP contribution in [0.2, 0.25) is 0 Å². The first-order valence-electron chi connectivity index (χ1n) is 10.8. The summed E-state index contributed by atoms with van der Waals surface area (Å²) in [7, 11) is 0. The molecule has 2 atom stereocenters. The molecule has 0 saturated carbocycles. The van der Waals surface area contributed by atoms with Gasteiger partial charge in [-0.1, -0.05) is 30.2 Å². The topological polar surface area (TPSA) is 85.1 Å². The van der Waals surface area contributed by atoms with Gasteiger partial charge in [0.05, 0.1) is 18.2 Å². The summed E-state index contributed by atoms with van der Waals surface area (Å²) < 4.78 is 1.69. The van der Waals surface area contributed by atoms with E-state index in [4.69, 9.17) is 15.7 Å². The molecule has 4 rings (SSSR count). The average molecular weight is 426 g/mol. The smallest absolute Gasteiger partial charge is 0.253 e. The van der Waals surface area contributed by atoms with Crippen molar-refractivity contribution in [2.75, 3.05) is 6.54 Å². The Bertz CT molecular complexity index is 1300. The summed E-state index contributed by atoms with van der Waals surface area (Å²) in [5.74, 6) is 6.68. The number of hydrogen-bond donors (Lipinski definition) is 1. The molecular weight excluding hydrogens is 398 g/mol. The van der Waals surface area contributed by atoms with E-state index in [0.29, 0.717) is 30.2 Å². The van der Waals surface area contributed by atoms with Gasteiger partial charge in [-0.3, -0.25) is 9.79 Å². The maximum absolute atomic E-state index is 12.5. The molecule has 0 amide bonds. The van der Waals surface area contributed by atoms with E-state index in [1.807, 2.05) is 64.4 Å². The van der Waals surface area contributed by atoms with Crippen LogP contribution in [0.25, 0.3) is 5.57 Å². The molecule has 0 radical (unpaired) electrons. The molecule has 0 saturated heterocycles. The van der Waals surface area contributed by atoms with Gasteiger partial charge in [-0.25, -0.2) is 9.98 Å². The molecule has 6 nitrogen and oxygen atoms in total. The number of amidine groups is 1. The highest BCUT2D eigenvalue weighted by Crippen LogP contribution is 2.39. The number of nitrogens with zero attached hydrogens (tertiary/aromatic N) is 4. The van der Waals surface area contributed by atoms with E-state index in [2.05, 4.69) is 29.0 Å². The van der Waals surface area contributed by atoms with Crippen LogP contribution < -0.4 is 11.3 Å². The maximum atomic E-state index is 12.5. The van der Waals surface area contributed by atoms with E-state index >= 15 is 0 Å². The summed E-state index contributed by atoms with van der Waals surface area (Å²) in [6, 6.07) is 9.99. The third-order valence-electron chi connectivity index (χ3n) is 5.83. The van der Waals surface area contributed by atoms with Crippen LogP contribution in [-0.4, -0.2) is 28.9 Å². The second-order valence-electron chi connectivity index (χ2n) is 8.07. The van der Waals surface area contributed by atoms with E-state index in [-0.39, 0.29) is 11.5 Å². The number of aliphatic imine (C=N–C) groups is 3. The highest BCUT2D eigenvalue weighted by Gasteiger charge is 2.39. The molecule has 0 bridgehead atoms. The first-order valence-corrected chi connectivity index (χ1v) is 10.8. The van der Waals surface area contributed by atoms with Gasteiger partial charge in [0.25, 0.3) is 5.56 Å². The minimum absolute atomic E-state index is 0.0116. The predicted molar refractivity (Wildman–Crippen MR) is 131 cm³/mol. The van der Waals surface area contributed by atoms with Gasteiger partial charge < -0.3 is 10.3 Å². The monoisotopic (exact) mass is 425 g/mol. The van der Waals surface area contributed by atoms with Crippen LogP contribution >= 0.6 is 0 Å². The molecule has 3 heterocycles. The average Bonchev–Trinajstić information content (AvgIpc) is 3.11. The molecular formula is C26H27N5O. The van der Waals surface area contributed by atoms with Crippen LogP contribution in [0.15, 0.2) is 62.4 Å². The highest BCUT2D eigenvalue weighted by atomic mass is 16.1. The Morgan fingerprint density at radius 1 is 1.22 bits per heavy atom. The van der Waals surface area contributed by atoms with Gasteiger partial charge in [-0.05, 0) is 51.0 Å². The SMILES string of the molecule is CC#CC1C=C(c2cccc(C3(c4cc(C)c(=O)n(CC)c4)N=C(C)C(N)=N3)c2)C=NC1. The molecule has 0 aliphatic carbocycles. The highest BCUT2D eigenvalue weighted by molar-refractivity contribution is 6.41. The van der Waals surface area contributed by atoms with Crippen molar-refractivity contribution in [3.63, 3.8) is 0 Å².